The molecule has 206 valence electrons. The van der Waals surface area contributed by atoms with Crippen LogP contribution in [0.2, 0.25) is 0 Å². The van der Waals surface area contributed by atoms with Crippen molar-refractivity contribution in [1.82, 2.24) is 0 Å². The van der Waals surface area contributed by atoms with Gasteiger partial charge in [-0.3, -0.25) is 9.59 Å². The van der Waals surface area contributed by atoms with Crippen LogP contribution in [0.15, 0.2) is 36.1 Å². The summed E-state index contributed by atoms with van der Waals surface area (Å²) in [7, 11) is 4.48. The Bertz CT molecular complexity index is 1160. The average Bonchev–Trinajstić information content (AvgIpc) is 2.89. The normalized spacial score (nSPS) is 12.8. The number of methoxy groups -OCH3 is 3. The minimum absolute atomic E-state index is 0.0175. The third kappa shape index (κ3) is 7.47. The van der Waals surface area contributed by atoms with Gasteiger partial charge in [-0.15, -0.1) is 0 Å². The summed E-state index contributed by atoms with van der Waals surface area (Å²) in [4.78, 5) is 25.3. The average molecular weight is 595 g/mol. The number of hydrogen-bond acceptors (Lipinski definition) is 9. The highest BCUT2D eigenvalue weighted by Crippen LogP contribution is 2.40. The van der Waals surface area contributed by atoms with Gasteiger partial charge in [0.25, 0.3) is 0 Å². The van der Waals surface area contributed by atoms with Crippen LogP contribution in [0.25, 0.3) is 5.57 Å². The van der Waals surface area contributed by atoms with Gasteiger partial charge in [-0.05, 0) is 41.3 Å². The Morgan fingerprint density at radius 1 is 0.895 bits per heavy atom. The smallest absolute Gasteiger partial charge is 0.307 e. The molecule has 0 heterocycles. The topological polar surface area (TPSA) is 119 Å². The van der Waals surface area contributed by atoms with Crippen LogP contribution in [0.1, 0.15) is 33.5 Å². The first-order valence-electron chi connectivity index (χ1n) is 11.8. The van der Waals surface area contributed by atoms with Gasteiger partial charge in [0.05, 0.1) is 18.6 Å². The maximum atomic E-state index is 13.8. The summed E-state index contributed by atoms with van der Waals surface area (Å²) >= 11 is 3.37. The van der Waals surface area contributed by atoms with E-state index in [1.165, 1.54) is 21.3 Å². The molecular formula is C27H31BrO10. The lowest BCUT2D eigenvalue weighted by Crippen LogP contribution is -2.21. The predicted octanol–water partition coefficient (Wildman–Crippen LogP) is 4.21. The zero-order chi connectivity index (χ0) is 27.5. The lowest BCUT2D eigenvalue weighted by molar-refractivity contribution is -0.136. The summed E-state index contributed by atoms with van der Waals surface area (Å²) in [5, 5.41) is 10.1. The number of carbonyl (C=O) groups is 2. The van der Waals surface area contributed by atoms with Crippen molar-refractivity contribution in [2.75, 3.05) is 53.6 Å². The number of Topliss-reactive ketones (excluding diaryl/α,β-unsaturated/α-hetero) is 1. The van der Waals surface area contributed by atoms with Gasteiger partial charge >= 0.3 is 5.97 Å². The number of halogens is 1. The van der Waals surface area contributed by atoms with Gasteiger partial charge in [-0.25, -0.2) is 0 Å². The van der Waals surface area contributed by atoms with Crippen molar-refractivity contribution >= 4 is 33.3 Å². The van der Waals surface area contributed by atoms with Gasteiger partial charge in [0.2, 0.25) is 5.78 Å². The maximum absolute atomic E-state index is 13.8. The molecule has 0 atom stereocenters. The second-order valence-electron chi connectivity index (χ2n) is 8.22. The fourth-order valence-electron chi connectivity index (χ4n) is 3.96. The number of hydrogen-bond donors (Lipinski definition) is 1. The fourth-order valence-corrected chi connectivity index (χ4v) is 4.19. The number of benzene rings is 2. The monoisotopic (exact) mass is 594 g/mol. The minimum atomic E-state index is -0.982. The molecule has 10 nitrogen and oxygen atoms in total. The molecule has 1 aliphatic rings. The van der Waals surface area contributed by atoms with Crippen molar-refractivity contribution in [3.8, 4) is 17.2 Å². The Balaban J connectivity index is 2.12. The Labute approximate surface area is 229 Å². The standard InChI is InChI=1S/C27H31BrO10/c1-32-14-36-21-6-5-18(13-22(21)37-15-33-2)20-12-19-9-17(11-24(29)30)10-23(35-8-4-7-28)25(19)26(31)27(20)38-16-34-3/h5-6,9-10,13H,4,7-8,11-12,14-16H2,1-3H3,(H,29,30). The van der Waals surface area contributed by atoms with E-state index in [2.05, 4.69) is 15.9 Å². The summed E-state index contributed by atoms with van der Waals surface area (Å²) in [5.74, 6) is -0.107. The number of fused-ring (bicyclic) bond motifs is 1. The van der Waals surface area contributed by atoms with Crippen molar-refractivity contribution in [2.45, 2.75) is 19.3 Å². The number of carboxylic acid groups (broad SMARTS) is 1. The van der Waals surface area contributed by atoms with Gasteiger partial charge in [0.15, 0.2) is 37.6 Å². The molecule has 11 heteroatoms. The van der Waals surface area contributed by atoms with Crippen LogP contribution in [0.4, 0.5) is 0 Å². The van der Waals surface area contributed by atoms with Crippen molar-refractivity contribution in [3.63, 3.8) is 0 Å². The molecule has 0 fully saturated rings. The molecule has 1 N–H and O–H groups in total. The number of rotatable bonds is 16. The van der Waals surface area contributed by atoms with Crippen LogP contribution in [-0.2, 0) is 36.6 Å². The van der Waals surface area contributed by atoms with E-state index >= 15 is 0 Å². The fraction of sp³-hybridized carbons (Fsp3) is 0.407. The quantitative estimate of drug-likeness (QED) is 0.172. The molecule has 0 saturated carbocycles. The molecule has 2 aromatic carbocycles. The summed E-state index contributed by atoms with van der Waals surface area (Å²) in [6, 6.07) is 8.54. The van der Waals surface area contributed by atoms with E-state index < -0.39 is 5.97 Å². The minimum Gasteiger partial charge on any atom is -0.493 e. The summed E-state index contributed by atoms with van der Waals surface area (Å²) in [5.41, 5.74) is 2.75. The number of allylic oxidation sites excluding steroid dienone is 2. The number of carbonyl (C=O) groups excluding carboxylic acids is 1. The van der Waals surface area contributed by atoms with Crippen LogP contribution in [0.5, 0.6) is 17.2 Å². The van der Waals surface area contributed by atoms with E-state index in [0.29, 0.717) is 58.1 Å². The Hall–Kier alpha value is -3.12. The SMILES string of the molecule is COCOC1=C(c2ccc(OCOC)c(OCOC)c2)Cc2cc(CC(=O)O)cc(OCCCBr)c2C1=O. The predicted molar refractivity (Wildman–Crippen MR) is 141 cm³/mol. The maximum Gasteiger partial charge on any atom is 0.307 e. The molecule has 0 saturated heterocycles. The van der Waals surface area contributed by atoms with E-state index in [0.717, 1.165) is 5.33 Å². The molecule has 0 bridgehead atoms. The third-order valence-electron chi connectivity index (χ3n) is 5.49. The molecule has 0 aliphatic heterocycles. The largest absolute Gasteiger partial charge is 0.493 e. The molecule has 0 unspecified atom stereocenters. The first kappa shape index (κ1) is 29.4. The van der Waals surface area contributed by atoms with Crippen LogP contribution in [0, 0.1) is 0 Å². The van der Waals surface area contributed by atoms with Crippen LogP contribution >= 0.6 is 15.9 Å². The van der Waals surface area contributed by atoms with E-state index in [1.54, 1.807) is 30.3 Å². The zero-order valence-electron chi connectivity index (χ0n) is 21.5. The highest BCUT2D eigenvalue weighted by molar-refractivity contribution is 9.09. The van der Waals surface area contributed by atoms with E-state index in [9.17, 15) is 14.7 Å². The van der Waals surface area contributed by atoms with Crippen molar-refractivity contribution in [2.24, 2.45) is 0 Å². The molecule has 2 aromatic rings. The first-order valence-corrected chi connectivity index (χ1v) is 12.9. The lowest BCUT2D eigenvalue weighted by atomic mass is 9.84. The lowest BCUT2D eigenvalue weighted by Gasteiger charge is -2.25. The van der Waals surface area contributed by atoms with Crippen molar-refractivity contribution < 1.29 is 47.9 Å². The van der Waals surface area contributed by atoms with Gasteiger partial charge in [0, 0.05) is 38.7 Å². The molecule has 0 aromatic heterocycles. The Morgan fingerprint density at radius 2 is 1.58 bits per heavy atom. The highest BCUT2D eigenvalue weighted by Gasteiger charge is 2.32. The molecular weight excluding hydrogens is 564 g/mol. The van der Waals surface area contributed by atoms with Crippen LogP contribution in [-0.4, -0.2) is 70.5 Å². The molecule has 1 aliphatic carbocycles. The molecule has 38 heavy (non-hydrogen) atoms. The first-order chi connectivity index (χ1) is 18.4. The molecule has 3 rings (SSSR count). The third-order valence-corrected chi connectivity index (χ3v) is 6.05. The van der Waals surface area contributed by atoms with Gasteiger partial charge < -0.3 is 38.3 Å². The number of ketones is 1. The van der Waals surface area contributed by atoms with E-state index in [4.69, 9.17) is 33.2 Å². The van der Waals surface area contributed by atoms with Crippen molar-refractivity contribution in [3.05, 3.63) is 58.3 Å². The second kappa shape index (κ2) is 14.7. The Kier molecular flexibility index (Phi) is 11.4. The van der Waals surface area contributed by atoms with Gasteiger partial charge in [-0.2, -0.15) is 0 Å². The second-order valence-corrected chi connectivity index (χ2v) is 9.01. The number of carboxylic acids is 1. The number of aliphatic carboxylic acids is 1. The molecule has 0 spiro atoms. The zero-order valence-corrected chi connectivity index (χ0v) is 23.1. The summed E-state index contributed by atoms with van der Waals surface area (Å²) in [6.45, 7) is 0.215. The van der Waals surface area contributed by atoms with E-state index in [-0.39, 0.29) is 44.8 Å². The number of alkyl halides is 1. The van der Waals surface area contributed by atoms with Gasteiger partial charge in [0.1, 0.15) is 5.75 Å². The Morgan fingerprint density at radius 3 is 2.24 bits per heavy atom. The number of ether oxygens (including phenoxy) is 7. The van der Waals surface area contributed by atoms with Crippen molar-refractivity contribution in [1.29, 1.82) is 0 Å². The van der Waals surface area contributed by atoms with Gasteiger partial charge in [-0.1, -0.05) is 28.1 Å². The summed E-state index contributed by atoms with van der Waals surface area (Å²) < 4.78 is 38.2. The highest BCUT2D eigenvalue weighted by atomic mass is 79.9. The van der Waals surface area contributed by atoms with Crippen LogP contribution < -0.4 is 14.2 Å². The van der Waals surface area contributed by atoms with Crippen LogP contribution in [0.3, 0.4) is 0 Å². The molecule has 0 radical (unpaired) electrons. The molecule has 0 amide bonds. The van der Waals surface area contributed by atoms with E-state index in [1.807, 2.05) is 0 Å². The summed E-state index contributed by atoms with van der Waals surface area (Å²) in [6.07, 6.45) is 0.787.